The van der Waals surface area contributed by atoms with Gasteiger partial charge in [-0.25, -0.2) is 4.39 Å². The van der Waals surface area contributed by atoms with Gasteiger partial charge in [0.2, 0.25) is 0 Å². The Morgan fingerprint density at radius 3 is 2.21 bits per heavy atom. The van der Waals surface area contributed by atoms with Crippen molar-refractivity contribution < 1.29 is 22.7 Å². The Morgan fingerprint density at radius 2 is 1.84 bits per heavy atom. The lowest BCUT2D eigenvalue weighted by Gasteiger charge is -2.36. The van der Waals surface area contributed by atoms with E-state index in [1.165, 1.54) is 0 Å². The molecule has 2 nitrogen and oxygen atoms in total. The summed E-state index contributed by atoms with van der Waals surface area (Å²) in [5.41, 5.74) is 0.279. The highest BCUT2D eigenvalue weighted by molar-refractivity contribution is 5.60. The van der Waals surface area contributed by atoms with Gasteiger partial charge in [-0.15, -0.1) is 6.42 Å². The van der Waals surface area contributed by atoms with Crippen LogP contribution in [-0.2, 0) is 5.60 Å². The number of alkyl halides is 3. The molecule has 0 radical (unpaired) electrons. The number of anilines is 1. The fourth-order valence-electron chi connectivity index (χ4n) is 1.90. The van der Waals surface area contributed by atoms with Crippen LogP contribution in [0.4, 0.5) is 23.2 Å². The monoisotopic (exact) mass is 275 g/mol. The Labute approximate surface area is 108 Å². The van der Waals surface area contributed by atoms with Crippen LogP contribution in [0.1, 0.15) is 25.0 Å². The molecule has 1 rings (SSSR count). The Hall–Kier alpha value is -1.74. The summed E-state index contributed by atoms with van der Waals surface area (Å²) in [4.78, 5) is 0. The van der Waals surface area contributed by atoms with E-state index in [0.717, 1.165) is 26.0 Å². The van der Waals surface area contributed by atoms with Crippen LogP contribution in [0.2, 0.25) is 0 Å². The maximum Gasteiger partial charge on any atom is 0.421 e. The first-order chi connectivity index (χ1) is 8.57. The second-order valence-corrected chi connectivity index (χ2v) is 4.45. The Bertz CT molecular complexity index is 531. The highest BCUT2D eigenvalue weighted by Crippen LogP contribution is 2.47. The topological polar surface area (TPSA) is 46.2 Å². The highest BCUT2D eigenvalue weighted by Gasteiger charge is 2.58. The minimum atomic E-state index is -5.03. The largest absolute Gasteiger partial charge is 0.421 e. The van der Waals surface area contributed by atoms with E-state index in [4.69, 9.17) is 12.2 Å². The number of nitrogen functional groups attached to an aromatic ring is 1. The summed E-state index contributed by atoms with van der Waals surface area (Å²) in [5.74, 6) is -0.498. The van der Waals surface area contributed by atoms with Crippen LogP contribution < -0.4 is 5.73 Å². The summed E-state index contributed by atoms with van der Waals surface area (Å²) >= 11 is 0. The molecule has 1 atom stereocenters. The van der Waals surface area contributed by atoms with Crippen molar-refractivity contribution in [3.8, 4) is 12.3 Å². The van der Waals surface area contributed by atoms with Gasteiger partial charge in [0.05, 0.1) is 5.56 Å². The van der Waals surface area contributed by atoms with E-state index < -0.39 is 40.3 Å². The van der Waals surface area contributed by atoms with Crippen molar-refractivity contribution in [2.45, 2.75) is 25.6 Å². The summed E-state index contributed by atoms with van der Waals surface area (Å²) in [6.45, 7) is 2.30. The van der Waals surface area contributed by atoms with Gasteiger partial charge in [-0.3, -0.25) is 0 Å². The van der Waals surface area contributed by atoms with Gasteiger partial charge in [-0.05, 0) is 18.1 Å². The maximum atomic E-state index is 13.5. The zero-order valence-electron chi connectivity index (χ0n) is 10.3. The van der Waals surface area contributed by atoms with E-state index in [1.807, 2.05) is 5.92 Å². The van der Waals surface area contributed by atoms with E-state index in [2.05, 4.69) is 0 Å². The number of hydrogen-bond donors (Lipinski definition) is 2. The molecule has 0 aromatic heterocycles. The molecule has 0 saturated heterocycles. The standard InChI is InChI=1S/C13H13F4NO/c1-4-8-9(14)5-6-10(18)11(8)12(19,7(2)3)13(15,16)17/h1,5-7,19H,18H2,2-3H3. The van der Waals surface area contributed by atoms with Crippen molar-refractivity contribution in [2.24, 2.45) is 5.92 Å². The van der Waals surface area contributed by atoms with Gasteiger partial charge >= 0.3 is 6.18 Å². The Balaban J connectivity index is 3.77. The third-order valence-corrected chi connectivity index (χ3v) is 2.98. The van der Waals surface area contributed by atoms with E-state index in [0.29, 0.717) is 0 Å². The molecule has 104 valence electrons. The summed E-state index contributed by atoms with van der Waals surface area (Å²) < 4.78 is 53.1. The minimum absolute atomic E-state index is 0.400. The van der Waals surface area contributed by atoms with Gasteiger partial charge in [0, 0.05) is 11.3 Å². The minimum Gasteiger partial charge on any atom is -0.398 e. The molecule has 19 heavy (non-hydrogen) atoms. The van der Waals surface area contributed by atoms with Crippen LogP contribution in [0.5, 0.6) is 0 Å². The third kappa shape index (κ3) is 2.26. The lowest BCUT2D eigenvalue weighted by Crippen LogP contribution is -2.47. The molecule has 1 aromatic carbocycles. The molecule has 0 aliphatic carbocycles. The van der Waals surface area contributed by atoms with E-state index in [1.54, 1.807) is 0 Å². The van der Waals surface area contributed by atoms with E-state index in [9.17, 15) is 22.7 Å². The number of halogens is 4. The average molecular weight is 275 g/mol. The zero-order valence-corrected chi connectivity index (χ0v) is 10.3. The van der Waals surface area contributed by atoms with Crippen molar-refractivity contribution in [1.82, 2.24) is 0 Å². The maximum absolute atomic E-state index is 13.5. The van der Waals surface area contributed by atoms with Crippen molar-refractivity contribution in [3.63, 3.8) is 0 Å². The second-order valence-electron chi connectivity index (χ2n) is 4.45. The van der Waals surface area contributed by atoms with Gasteiger partial charge in [-0.2, -0.15) is 13.2 Å². The molecule has 3 N–H and O–H groups in total. The molecule has 0 saturated carbocycles. The number of aliphatic hydroxyl groups is 1. The van der Waals surface area contributed by atoms with Crippen LogP contribution >= 0.6 is 0 Å². The van der Waals surface area contributed by atoms with Crippen LogP contribution in [0.15, 0.2) is 12.1 Å². The molecular formula is C13H13F4NO. The fraction of sp³-hybridized carbons (Fsp3) is 0.385. The predicted molar refractivity (Wildman–Crippen MR) is 63.5 cm³/mol. The molecule has 0 spiro atoms. The lowest BCUT2D eigenvalue weighted by molar-refractivity contribution is -0.282. The van der Waals surface area contributed by atoms with Gasteiger partial charge in [0.1, 0.15) is 5.82 Å². The van der Waals surface area contributed by atoms with Crippen molar-refractivity contribution in [2.75, 3.05) is 5.73 Å². The number of rotatable bonds is 2. The second kappa shape index (κ2) is 4.74. The van der Waals surface area contributed by atoms with Crippen LogP contribution in [0.3, 0.4) is 0 Å². The SMILES string of the molecule is C#Cc1c(F)ccc(N)c1C(O)(C(C)C)C(F)(F)F. The predicted octanol–water partition coefficient (Wildman–Crippen LogP) is 2.80. The quantitative estimate of drug-likeness (QED) is 0.495. The molecule has 1 aromatic rings. The summed E-state index contributed by atoms with van der Waals surface area (Å²) in [6, 6.07) is 1.82. The molecule has 6 heteroatoms. The van der Waals surface area contributed by atoms with Crippen molar-refractivity contribution >= 4 is 5.69 Å². The fourth-order valence-corrected chi connectivity index (χ4v) is 1.90. The zero-order chi connectivity index (χ0) is 15.0. The average Bonchev–Trinajstić information content (AvgIpc) is 2.28. The molecule has 0 aliphatic heterocycles. The van der Waals surface area contributed by atoms with Crippen LogP contribution in [-0.4, -0.2) is 11.3 Å². The third-order valence-electron chi connectivity index (χ3n) is 2.98. The van der Waals surface area contributed by atoms with Crippen molar-refractivity contribution in [1.29, 1.82) is 0 Å². The summed E-state index contributed by atoms with van der Waals surface area (Å²) in [5, 5.41) is 10.0. The van der Waals surface area contributed by atoms with E-state index >= 15 is 0 Å². The van der Waals surface area contributed by atoms with Gasteiger partial charge in [-0.1, -0.05) is 19.8 Å². The first kappa shape index (κ1) is 15.3. The lowest BCUT2D eigenvalue weighted by atomic mass is 9.79. The first-order valence-corrected chi connectivity index (χ1v) is 5.41. The Morgan fingerprint density at radius 1 is 1.32 bits per heavy atom. The number of nitrogens with two attached hydrogens (primary N) is 1. The van der Waals surface area contributed by atoms with Gasteiger partial charge in [0.25, 0.3) is 0 Å². The molecule has 0 heterocycles. The first-order valence-electron chi connectivity index (χ1n) is 5.41. The number of terminal acetylenes is 1. The van der Waals surface area contributed by atoms with Crippen molar-refractivity contribution in [3.05, 3.63) is 29.1 Å². The smallest absolute Gasteiger partial charge is 0.398 e. The molecule has 0 amide bonds. The van der Waals surface area contributed by atoms with Crippen LogP contribution in [0, 0.1) is 24.1 Å². The number of hydrogen-bond acceptors (Lipinski definition) is 2. The van der Waals surface area contributed by atoms with Crippen LogP contribution in [0.25, 0.3) is 0 Å². The molecular weight excluding hydrogens is 262 g/mol. The summed E-state index contributed by atoms with van der Waals surface area (Å²) in [7, 11) is 0. The molecule has 0 aliphatic rings. The number of benzene rings is 1. The van der Waals surface area contributed by atoms with Gasteiger partial charge in [0.15, 0.2) is 5.60 Å². The normalized spacial score (nSPS) is 15.1. The molecule has 0 fully saturated rings. The molecule has 1 unspecified atom stereocenters. The Kier molecular flexibility index (Phi) is 3.82. The highest BCUT2D eigenvalue weighted by atomic mass is 19.4. The van der Waals surface area contributed by atoms with E-state index in [-0.39, 0.29) is 0 Å². The molecule has 0 bridgehead atoms. The summed E-state index contributed by atoms with van der Waals surface area (Å²) in [6.07, 6.45) is 0.00340. The van der Waals surface area contributed by atoms with Gasteiger partial charge < -0.3 is 10.8 Å².